The van der Waals surface area contributed by atoms with Gasteiger partial charge in [-0.1, -0.05) is 42.8 Å². The van der Waals surface area contributed by atoms with E-state index in [9.17, 15) is 0 Å². The van der Waals surface area contributed by atoms with Crippen LogP contribution in [0.4, 0.5) is 0 Å². The van der Waals surface area contributed by atoms with E-state index in [-0.39, 0.29) is 37.2 Å². The maximum Gasteiger partial charge on any atom is 0.191 e. The summed E-state index contributed by atoms with van der Waals surface area (Å²) >= 11 is 0. The third-order valence-electron chi connectivity index (χ3n) is 4.56. The third kappa shape index (κ3) is 8.39. The maximum absolute atomic E-state index is 8.92. The molecule has 3 N–H and O–H groups in total. The van der Waals surface area contributed by atoms with E-state index in [0.29, 0.717) is 24.0 Å². The fourth-order valence-electron chi connectivity index (χ4n) is 2.86. The van der Waals surface area contributed by atoms with E-state index in [0.717, 1.165) is 24.6 Å². The summed E-state index contributed by atoms with van der Waals surface area (Å²) < 4.78 is 10.9. The minimum atomic E-state index is -0.0338. The summed E-state index contributed by atoms with van der Waals surface area (Å²) in [4.78, 5) is 4.69. The smallest absolute Gasteiger partial charge is 0.191 e. The quantitative estimate of drug-likeness (QED) is 0.249. The number of benzene rings is 2. The van der Waals surface area contributed by atoms with Crippen molar-refractivity contribution in [3.8, 4) is 11.5 Å². The average Bonchev–Trinajstić information content (AvgIpc) is 2.74. The summed E-state index contributed by atoms with van der Waals surface area (Å²) in [5.41, 5.74) is 3.59. The van der Waals surface area contributed by atoms with Gasteiger partial charge >= 0.3 is 0 Å². The number of aryl methyl sites for hydroxylation is 1. The van der Waals surface area contributed by atoms with Gasteiger partial charge in [0.15, 0.2) is 17.5 Å². The van der Waals surface area contributed by atoms with Gasteiger partial charge in [-0.15, -0.1) is 24.0 Å². The summed E-state index contributed by atoms with van der Waals surface area (Å²) in [5.74, 6) is 2.41. The Hall–Kier alpha value is -2.00. The topological polar surface area (TPSA) is 75.1 Å². The third-order valence-corrected chi connectivity index (χ3v) is 4.56. The summed E-state index contributed by atoms with van der Waals surface area (Å²) in [6, 6.07) is 14.4. The highest BCUT2D eigenvalue weighted by Crippen LogP contribution is 2.28. The van der Waals surface area contributed by atoms with Crippen LogP contribution in [-0.2, 0) is 6.54 Å². The van der Waals surface area contributed by atoms with Gasteiger partial charge in [-0.2, -0.15) is 0 Å². The molecule has 0 aliphatic rings. The minimum Gasteiger partial charge on any atom is -0.493 e. The Bertz CT molecular complexity index is 782. The van der Waals surface area contributed by atoms with Crippen molar-refractivity contribution in [3.05, 3.63) is 59.2 Å². The first-order valence-corrected chi connectivity index (χ1v) is 10.1. The molecule has 0 amide bonds. The molecule has 0 saturated carbocycles. The number of hydrogen-bond donors (Lipinski definition) is 3. The number of nitrogens with one attached hydrogen (secondary N) is 2. The molecule has 0 fully saturated rings. The fourth-order valence-corrected chi connectivity index (χ4v) is 2.86. The van der Waals surface area contributed by atoms with Crippen LogP contribution >= 0.6 is 24.0 Å². The van der Waals surface area contributed by atoms with E-state index in [1.54, 1.807) is 7.11 Å². The van der Waals surface area contributed by atoms with Crippen molar-refractivity contribution in [1.29, 1.82) is 0 Å². The summed E-state index contributed by atoms with van der Waals surface area (Å²) in [7, 11) is 1.60. The van der Waals surface area contributed by atoms with Crippen molar-refractivity contribution in [2.45, 2.75) is 33.2 Å². The molecule has 0 aliphatic carbocycles. The maximum atomic E-state index is 8.92. The molecular weight excluding hydrogens is 493 g/mol. The number of rotatable bonds is 10. The number of hydrogen-bond acceptors (Lipinski definition) is 4. The summed E-state index contributed by atoms with van der Waals surface area (Å²) in [6.07, 6.45) is 0. The van der Waals surface area contributed by atoms with Crippen molar-refractivity contribution in [3.63, 3.8) is 0 Å². The number of ether oxygens (including phenoxy) is 2. The van der Waals surface area contributed by atoms with E-state index >= 15 is 0 Å². The van der Waals surface area contributed by atoms with Crippen LogP contribution in [0, 0.1) is 6.92 Å². The van der Waals surface area contributed by atoms with Gasteiger partial charge in [0.05, 0.1) is 20.3 Å². The van der Waals surface area contributed by atoms with Crippen LogP contribution in [0.15, 0.2) is 47.5 Å². The van der Waals surface area contributed by atoms with Crippen LogP contribution < -0.4 is 20.1 Å². The highest BCUT2D eigenvalue weighted by atomic mass is 127. The van der Waals surface area contributed by atoms with Crippen molar-refractivity contribution < 1.29 is 14.6 Å². The Morgan fingerprint density at radius 1 is 1.10 bits per heavy atom. The first kappa shape index (κ1) is 26.0. The van der Waals surface area contributed by atoms with Gasteiger partial charge in [0.2, 0.25) is 0 Å². The van der Waals surface area contributed by atoms with Crippen LogP contribution in [0.1, 0.15) is 36.5 Å². The highest BCUT2D eigenvalue weighted by molar-refractivity contribution is 14.0. The zero-order valence-electron chi connectivity index (χ0n) is 18.3. The monoisotopic (exact) mass is 527 g/mol. The molecule has 6 nitrogen and oxygen atoms in total. The second kappa shape index (κ2) is 14.1. The molecule has 0 spiro atoms. The average molecular weight is 527 g/mol. The predicted octanol–water partition coefficient (Wildman–Crippen LogP) is 3.85. The summed E-state index contributed by atoms with van der Waals surface area (Å²) in [6.45, 7) is 8.67. The van der Waals surface area contributed by atoms with E-state index in [1.807, 2.05) is 18.2 Å². The van der Waals surface area contributed by atoms with Crippen LogP contribution in [0.25, 0.3) is 0 Å². The number of guanidine groups is 1. The van der Waals surface area contributed by atoms with Crippen LogP contribution in [0.5, 0.6) is 11.5 Å². The normalized spacial score (nSPS) is 12.0. The zero-order chi connectivity index (χ0) is 21.1. The number of nitrogens with zero attached hydrogens (tertiary/aromatic N) is 1. The van der Waals surface area contributed by atoms with Crippen molar-refractivity contribution in [1.82, 2.24) is 10.6 Å². The predicted molar refractivity (Wildman–Crippen MR) is 133 cm³/mol. The first-order valence-electron chi connectivity index (χ1n) is 10.1. The molecule has 2 aromatic rings. The molecule has 0 heterocycles. The van der Waals surface area contributed by atoms with Crippen LogP contribution in [0.3, 0.4) is 0 Å². The lowest BCUT2D eigenvalue weighted by Gasteiger charge is -2.16. The standard InChI is InChI=1S/C23H33N3O3.HI/c1-5-24-23(25-15-18(3)20-9-6-17(2)7-10-20)26-16-19-8-11-21(29-13-12-27)22(14-19)28-4;/h6-11,14,18,27H,5,12-13,15-16H2,1-4H3,(H2,24,25,26);1H. The van der Waals surface area contributed by atoms with Crippen LogP contribution in [-0.4, -0.2) is 44.5 Å². The lowest BCUT2D eigenvalue weighted by molar-refractivity contribution is 0.196. The molecule has 166 valence electrons. The molecule has 0 radical (unpaired) electrons. The molecular formula is C23H34IN3O3. The van der Waals surface area contributed by atoms with Gasteiger partial charge in [-0.25, -0.2) is 4.99 Å². The Labute approximate surface area is 197 Å². The van der Waals surface area contributed by atoms with Crippen molar-refractivity contribution >= 4 is 29.9 Å². The molecule has 0 aliphatic heterocycles. The number of halogens is 1. The Kier molecular flexibility index (Phi) is 12.2. The molecule has 1 atom stereocenters. The molecule has 1 unspecified atom stereocenters. The second-order valence-electron chi connectivity index (χ2n) is 6.95. The lowest BCUT2D eigenvalue weighted by Crippen LogP contribution is -2.39. The van der Waals surface area contributed by atoms with E-state index in [4.69, 9.17) is 14.6 Å². The first-order chi connectivity index (χ1) is 14.1. The van der Waals surface area contributed by atoms with Gasteiger partial charge in [-0.05, 0) is 43.0 Å². The molecule has 2 rings (SSSR count). The lowest BCUT2D eigenvalue weighted by atomic mass is 10.0. The Morgan fingerprint density at radius 3 is 2.47 bits per heavy atom. The van der Waals surface area contributed by atoms with Gasteiger partial charge < -0.3 is 25.2 Å². The second-order valence-corrected chi connectivity index (χ2v) is 6.95. The summed E-state index contributed by atoms with van der Waals surface area (Å²) in [5, 5.41) is 15.6. The van der Waals surface area contributed by atoms with Crippen molar-refractivity contribution in [2.24, 2.45) is 4.99 Å². The van der Waals surface area contributed by atoms with Gasteiger partial charge in [-0.3, -0.25) is 0 Å². The molecule has 0 bridgehead atoms. The van der Waals surface area contributed by atoms with Gasteiger partial charge in [0, 0.05) is 13.1 Å². The van der Waals surface area contributed by atoms with E-state index < -0.39 is 0 Å². The Balaban J connectivity index is 0.00000450. The van der Waals surface area contributed by atoms with Crippen molar-refractivity contribution in [2.75, 3.05) is 33.4 Å². The fraction of sp³-hybridized carbons (Fsp3) is 0.435. The number of aliphatic imine (C=N–C) groups is 1. The van der Waals surface area contributed by atoms with E-state index in [1.165, 1.54) is 11.1 Å². The molecule has 7 heteroatoms. The minimum absolute atomic E-state index is 0. The van der Waals surface area contributed by atoms with Crippen LogP contribution in [0.2, 0.25) is 0 Å². The SMILES string of the molecule is CCNC(=NCc1ccc(OCCO)c(OC)c1)NCC(C)c1ccc(C)cc1.I. The molecule has 0 aromatic heterocycles. The van der Waals surface area contributed by atoms with Gasteiger partial charge in [0.25, 0.3) is 0 Å². The zero-order valence-corrected chi connectivity index (χ0v) is 20.6. The van der Waals surface area contributed by atoms with Gasteiger partial charge in [0.1, 0.15) is 6.61 Å². The largest absolute Gasteiger partial charge is 0.493 e. The van der Waals surface area contributed by atoms with E-state index in [2.05, 4.69) is 60.7 Å². The number of aliphatic hydroxyl groups excluding tert-OH is 1. The molecule has 0 saturated heterocycles. The highest BCUT2D eigenvalue weighted by Gasteiger charge is 2.08. The molecule has 2 aromatic carbocycles. The number of methoxy groups -OCH3 is 1. The number of aliphatic hydroxyl groups is 1. The molecule has 30 heavy (non-hydrogen) atoms. The Morgan fingerprint density at radius 2 is 1.83 bits per heavy atom.